The molecule has 0 spiro atoms. The summed E-state index contributed by atoms with van der Waals surface area (Å²) in [6.07, 6.45) is 1.61. The van der Waals surface area contributed by atoms with E-state index in [9.17, 15) is 0 Å². The number of ether oxygens (including phenoxy) is 2. The summed E-state index contributed by atoms with van der Waals surface area (Å²) in [4.78, 5) is 4.26. The molecule has 0 fully saturated rings. The van der Waals surface area contributed by atoms with E-state index in [2.05, 4.69) is 4.98 Å². The summed E-state index contributed by atoms with van der Waals surface area (Å²) in [5, 5.41) is 0. The van der Waals surface area contributed by atoms with Gasteiger partial charge in [0.1, 0.15) is 23.5 Å². The number of oxazole rings is 1. The Kier molecular flexibility index (Phi) is 2.81. The highest BCUT2D eigenvalue weighted by molar-refractivity contribution is 5.67. The first-order chi connectivity index (χ1) is 7.74. The van der Waals surface area contributed by atoms with Crippen LogP contribution in [0.4, 0.5) is 0 Å². The Labute approximate surface area is 93.8 Å². The maximum Gasteiger partial charge on any atom is 0.191 e. The van der Waals surface area contributed by atoms with Gasteiger partial charge in [-0.15, -0.1) is 0 Å². The van der Waals surface area contributed by atoms with Crippen LogP contribution in [-0.2, 0) is 0 Å². The minimum absolute atomic E-state index is 0.632. The van der Waals surface area contributed by atoms with E-state index < -0.39 is 0 Å². The molecule has 4 nitrogen and oxygen atoms in total. The summed E-state index contributed by atoms with van der Waals surface area (Å²) in [5.41, 5.74) is 1.65. The smallest absolute Gasteiger partial charge is 0.191 e. The maximum absolute atomic E-state index is 5.29. The van der Waals surface area contributed by atoms with Gasteiger partial charge in [0.15, 0.2) is 5.89 Å². The summed E-state index contributed by atoms with van der Waals surface area (Å²) >= 11 is 0. The highest BCUT2D eigenvalue weighted by Crippen LogP contribution is 2.32. The van der Waals surface area contributed by atoms with Crippen LogP contribution >= 0.6 is 0 Å². The topological polar surface area (TPSA) is 44.5 Å². The molecule has 0 N–H and O–H groups in total. The molecule has 1 heterocycles. The number of benzene rings is 1. The van der Waals surface area contributed by atoms with Crippen molar-refractivity contribution in [1.82, 2.24) is 4.98 Å². The first-order valence-corrected chi connectivity index (χ1v) is 4.89. The molecule has 1 aromatic heterocycles. The van der Waals surface area contributed by atoms with Crippen LogP contribution in [0, 0.1) is 6.92 Å². The lowest BCUT2D eigenvalue weighted by Gasteiger charge is -2.07. The predicted octanol–water partition coefficient (Wildman–Crippen LogP) is 2.67. The van der Waals surface area contributed by atoms with Gasteiger partial charge in [0.2, 0.25) is 0 Å². The van der Waals surface area contributed by atoms with Gasteiger partial charge in [0.25, 0.3) is 0 Å². The van der Waals surface area contributed by atoms with Crippen LogP contribution in [0.2, 0.25) is 0 Å². The number of nitrogens with zero attached hydrogens (tertiary/aromatic N) is 1. The monoisotopic (exact) mass is 219 g/mol. The third kappa shape index (κ3) is 1.86. The SMILES string of the molecule is COc1ccc(-c2coc(C)n2)c(OC)c1. The number of hydrogen-bond acceptors (Lipinski definition) is 4. The zero-order chi connectivity index (χ0) is 11.5. The number of rotatable bonds is 3. The standard InChI is InChI=1S/C12H13NO3/c1-8-13-11(7-16-8)10-5-4-9(14-2)6-12(10)15-3/h4-7H,1-3H3. The van der Waals surface area contributed by atoms with Crippen molar-refractivity contribution in [3.05, 3.63) is 30.4 Å². The van der Waals surface area contributed by atoms with Gasteiger partial charge in [0, 0.05) is 18.6 Å². The van der Waals surface area contributed by atoms with E-state index in [1.54, 1.807) is 27.4 Å². The molecule has 0 saturated heterocycles. The maximum atomic E-state index is 5.29. The minimum Gasteiger partial charge on any atom is -0.497 e. The molecule has 4 heteroatoms. The van der Waals surface area contributed by atoms with Crippen molar-refractivity contribution < 1.29 is 13.9 Å². The van der Waals surface area contributed by atoms with E-state index in [1.807, 2.05) is 18.2 Å². The average molecular weight is 219 g/mol. The molecule has 0 saturated carbocycles. The first kappa shape index (κ1) is 10.5. The van der Waals surface area contributed by atoms with Crippen LogP contribution in [0.5, 0.6) is 11.5 Å². The van der Waals surface area contributed by atoms with E-state index >= 15 is 0 Å². The Morgan fingerprint density at radius 2 is 2.00 bits per heavy atom. The lowest BCUT2D eigenvalue weighted by molar-refractivity contribution is 0.395. The van der Waals surface area contributed by atoms with Gasteiger partial charge in [-0.3, -0.25) is 0 Å². The van der Waals surface area contributed by atoms with Crippen molar-refractivity contribution in [3.8, 4) is 22.8 Å². The number of aromatic nitrogens is 1. The number of methoxy groups -OCH3 is 2. The fourth-order valence-corrected chi connectivity index (χ4v) is 1.50. The van der Waals surface area contributed by atoms with Gasteiger partial charge >= 0.3 is 0 Å². The summed E-state index contributed by atoms with van der Waals surface area (Å²) in [6.45, 7) is 1.81. The number of aryl methyl sites for hydroxylation is 1. The van der Waals surface area contributed by atoms with Gasteiger partial charge in [-0.25, -0.2) is 4.98 Å². The molecule has 0 atom stereocenters. The van der Waals surface area contributed by atoms with Crippen molar-refractivity contribution in [2.45, 2.75) is 6.92 Å². The summed E-state index contributed by atoms with van der Waals surface area (Å²) in [5.74, 6) is 2.10. The minimum atomic E-state index is 0.632. The molecule has 2 rings (SSSR count). The molecule has 0 aliphatic heterocycles. The molecule has 1 aromatic carbocycles. The van der Waals surface area contributed by atoms with Crippen LogP contribution < -0.4 is 9.47 Å². The Hall–Kier alpha value is -1.97. The second-order valence-corrected chi connectivity index (χ2v) is 3.32. The van der Waals surface area contributed by atoms with Crippen molar-refractivity contribution >= 4 is 0 Å². The van der Waals surface area contributed by atoms with E-state index in [0.29, 0.717) is 11.6 Å². The zero-order valence-corrected chi connectivity index (χ0v) is 9.48. The zero-order valence-electron chi connectivity index (χ0n) is 9.48. The number of hydrogen-bond donors (Lipinski definition) is 0. The fraction of sp³-hybridized carbons (Fsp3) is 0.250. The third-order valence-electron chi connectivity index (χ3n) is 2.30. The third-order valence-corrected chi connectivity index (χ3v) is 2.30. The molecule has 0 aliphatic rings. The molecule has 2 aromatic rings. The second-order valence-electron chi connectivity index (χ2n) is 3.32. The molecule has 16 heavy (non-hydrogen) atoms. The predicted molar refractivity (Wildman–Crippen MR) is 59.8 cm³/mol. The molecule has 0 radical (unpaired) electrons. The summed E-state index contributed by atoms with van der Waals surface area (Å²) in [6, 6.07) is 5.58. The Morgan fingerprint density at radius 1 is 1.19 bits per heavy atom. The molecular formula is C12H13NO3. The molecule has 0 amide bonds. The molecule has 0 unspecified atom stereocenters. The Morgan fingerprint density at radius 3 is 2.56 bits per heavy atom. The lowest BCUT2D eigenvalue weighted by atomic mass is 10.1. The highest BCUT2D eigenvalue weighted by atomic mass is 16.5. The van der Waals surface area contributed by atoms with Crippen molar-refractivity contribution in [2.24, 2.45) is 0 Å². The van der Waals surface area contributed by atoms with Gasteiger partial charge in [-0.2, -0.15) is 0 Å². The van der Waals surface area contributed by atoms with Crippen LogP contribution in [0.15, 0.2) is 28.9 Å². The molecule has 0 bridgehead atoms. The van der Waals surface area contributed by atoms with Crippen molar-refractivity contribution in [1.29, 1.82) is 0 Å². The van der Waals surface area contributed by atoms with Gasteiger partial charge in [-0.1, -0.05) is 0 Å². The average Bonchev–Trinajstić information content (AvgIpc) is 2.74. The Balaban J connectivity index is 2.48. The van der Waals surface area contributed by atoms with E-state index in [0.717, 1.165) is 17.0 Å². The lowest BCUT2D eigenvalue weighted by Crippen LogP contribution is -1.90. The first-order valence-electron chi connectivity index (χ1n) is 4.89. The fourth-order valence-electron chi connectivity index (χ4n) is 1.50. The van der Waals surface area contributed by atoms with Crippen LogP contribution in [0.3, 0.4) is 0 Å². The van der Waals surface area contributed by atoms with Crippen LogP contribution in [0.25, 0.3) is 11.3 Å². The van der Waals surface area contributed by atoms with E-state index in [-0.39, 0.29) is 0 Å². The van der Waals surface area contributed by atoms with Crippen molar-refractivity contribution in [3.63, 3.8) is 0 Å². The van der Waals surface area contributed by atoms with Crippen LogP contribution in [0.1, 0.15) is 5.89 Å². The largest absolute Gasteiger partial charge is 0.497 e. The highest BCUT2D eigenvalue weighted by Gasteiger charge is 2.10. The van der Waals surface area contributed by atoms with Gasteiger partial charge in [-0.05, 0) is 12.1 Å². The van der Waals surface area contributed by atoms with Gasteiger partial charge in [0.05, 0.1) is 14.2 Å². The molecular weight excluding hydrogens is 206 g/mol. The van der Waals surface area contributed by atoms with Crippen LogP contribution in [-0.4, -0.2) is 19.2 Å². The van der Waals surface area contributed by atoms with Gasteiger partial charge < -0.3 is 13.9 Å². The second kappa shape index (κ2) is 4.26. The van der Waals surface area contributed by atoms with E-state index in [4.69, 9.17) is 13.9 Å². The van der Waals surface area contributed by atoms with E-state index in [1.165, 1.54) is 0 Å². The van der Waals surface area contributed by atoms with Crippen molar-refractivity contribution in [2.75, 3.05) is 14.2 Å². The normalized spacial score (nSPS) is 10.2. The summed E-state index contributed by atoms with van der Waals surface area (Å²) < 4.78 is 15.6. The molecule has 0 aliphatic carbocycles. The molecule has 84 valence electrons. The quantitative estimate of drug-likeness (QED) is 0.796. The Bertz CT molecular complexity index is 491. The summed E-state index contributed by atoms with van der Waals surface area (Å²) in [7, 11) is 3.24.